The number of aliphatic hydroxyl groups is 2. The summed E-state index contributed by atoms with van der Waals surface area (Å²) in [5.41, 5.74) is 4.95. The van der Waals surface area contributed by atoms with Crippen LogP contribution in [0.4, 0.5) is 0 Å². The first-order chi connectivity index (χ1) is 23.2. The van der Waals surface area contributed by atoms with Gasteiger partial charge in [-0.25, -0.2) is 35.4 Å². The van der Waals surface area contributed by atoms with Crippen LogP contribution in [0, 0.1) is 33.8 Å². The minimum atomic E-state index is -0.417. The number of ketones is 2. The Balaban J connectivity index is 0. The molecular weight excluding hydrogens is 857 g/mol. The predicted molar refractivity (Wildman–Crippen MR) is 217 cm³/mol. The van der Waals surface area contributed by atoms with E-state index in [1.165, 1.54) is 23.3 Å². The van der Waals surface area contributed by atoms with Crippen LogP contribution in [0.15, 0.2) is 72.5 Å². The number of nitrogens with zero attached hydrogens (tertiary/aromatic N) is 2. The van der Waals surface area contributed by atoms with E-state index in [0.29, 0.717) is 0 Å². The number of carbonyl (C=O) groups is 2. The summed E-state index contributed by atoms with van der Waals surface area (Å²) in [6, 6.07) is 19.0. The van der Waals surface area contributed by atoms with Crippen LogP contribution < -0.4 is 0 Å². The van der Waals surface area contributed by atoms with Gasteiger partial charge >= 0.3 is 0 Å². The quantitative estimate of drug-likeness (QED) is 0.117. The van der Waals surface area contributed by atoms with E-state index < -0.39 is 10.8 Å². The molecule has 54 heavy (non-hydrogen) atoms. The molecule has 0 spiro atoms. The van der Waals surface area contributed by atoms with Crippen LogP contribution in [-0.2, 0) is 61.3 Å². The number of rotatable bonds is 4. The first-order valence-corrected chi connectivity index (χ1v) is 18.0. The van der Waals surface area contributed by atoms with E-state index in [4.69, 9.17) is 0 Å². The van der Waals surface area contributed by atoms with Gasteiger partial charge in [-0.3, -0.25) is 9.59 Å². The Hall–Kier alpha value is -2.74. The van der Waals surface area contributed by atoms with Gasteiger partial charge in [-0.05, 0) is 34.1 Å². The fourth-order valence-corrected chi connectivity index (χ4v) is 3.88. The molecule has 3 aromatic rings. The maximum atomic E-state index is 11.5. The minimum Gasteiger partial charge on any atom is -0.512 e. The van der Waals surface area contributed by atoms with Gasteiger partial charge in [0.2, 0.25) is 0 Å². The average Bonchev–Trinajstić information content (AvgIpc) is 2.99. The Morgan fingerprint density at radius 2 is 0.796 bits per heavy atom. The monoisotopic (exact) mass is 922 g/mol. The Morgan fingerprint density at radius 1 is 0.519 bits per heavy atom. The SMILES string of the molecule is CC(C)(C)C(=O)/C=C(\O)C(C)(C)C.CC(C)(C)C(=O)/C=C(\O)C(C)(C)C.CC(C)(C)c1ccnc(-c2[c-]cc(-c3cc(C(C)(C)C)ccn3)[c-]c2)c1.[Pd].[Pd]. The second-order valence-electron chi connectivity index (χ2n) is 19.6. The number of aliphatic hydroxyl groups excluding tert-OH is 2. The molecule has 0 unspecified atom stereocenters. The molecule has 6 nitrogen and oxygen atoms in total. The third-order valence-corrected chi connectivity index (χ3v) is 8.10. The van der Waals surface area contributed by atoms with Crippen LogP contribution in [-0.4, -0.2) is 31.7 Å². The van der Waals surface area contributed by atoms with Crippen LogP contribution in [0.3, 0.4) is 0 Å². The molecule has 0 saturated carbocycles. The zero-order chi connectivity index (χ0) is 40.7. The molecule has 2 aromatic heterocycles. The number of hydrogen-bond donors (Lipinski definition) is 2. The number of benzene rings is 1. The van der Waals surface area contributed by atoms with Crippen molar-refractivity contribution in [3.8, 4) is 22.5 Å². The summed E-state index contributed by atoms with van der Waals surface area (Å²) in [5, 5.41) is 19.1. The van der Waals surface area contributed by atoms with Crippen molar-refractivity contribution in [1.29, 1.82) is 0 Å². The number of allylic oxidation sites excluding steroid dienone is 4. The molecule has 0 aliphatic carbocycles. The van der Waals surface area contributed by atoms with Crippen molar-refractivity contribution >= 4 is 11.6 Å². The normalized spacial score (nSPS) is 12.9. The van der Waals surface area contributed by atoms with Gasteiger partial charge in [-0.15, -0.1) is 0 Å². The Kier molecular flexibility index (Phi) is 20.2. The summed E-state index contributed by atoms with van der Waals surface area (Å²) in [4.78, 5) is 32.0. The van der Waals surface area contributed by atoms with Crippen molar-refractivity contribution < 1.29 is 60.6 Å². The zero-order valence-corrected chi connectivity index (χ0v) is 39.1. The van der Waals surface area contributed by atoms with Crippen molar-refractivity contribution in [2.45, 2.75) is 135 Å². The summed E-state index contributed by atoms with van der Waals surface area (Å²) >= 11 is 0. The molecule has 0 atom stereocenters. The van der Waals surface area contributed by atoms with Crippen LogP contribution in [0.5, 0.6) is 0 Å². The molecule has 0 amide bonds. The number of hydrogen-bond acceptors (Lipinski definition) is 6. The van der Waals surface area contributed by atoms with Crippen LogP contribution in [0.2, 0.25) is 0 Å². The van der Waals surface area contributed by atoms with Crippen molar-refractivity contribution in [1.82, 2.24) is 9.97 Å². The number of pyridine rings is 2. The fraction of sp³-hybridized carbons (Fsp3) is 0.522. The predicted octanol–water partition coefficient (Wildman–Crippen LogP) is 12.2. The summed E-state index contributed by atoms with van der Waals surface area (Å²) in [5.74, 6) is 0.208. The molecule has 0 bridgehead atoms. The zero-order valence-electron chi connectivity index (χ0n) is 36.0. The van der Waals surface area contributed by atoms with Crippen LogP contribution in [0.25, 0.3) is 22.5 Å². The van der Waals surface area contributed by atoms with Crippen LogP contribution >= 0.6 is 0 Å². The van der Waals surface area contributed by atoms with Crippen molar-refractivity contribution in [3.63, 3.8) is 0 Å². The molecule has 2 heterocycles. The maximum Gasteiger partial charge on any atom is 0.164 e. The van der Waals surface area contributed by atoms with Gasteiger partial charge in [0, 0.05) is 87.1 Å². The van der Waals surface area contributed by atoms with Gasteiger partial charge in [-0.1, -0.05) is 148 Å². The first kappa shape index (κ1) is 53.4. The minimum absolute atomic E-state index is 0. The van der Waals surface area contributed by atoms with E-state index in [9.17, 15) is 19.8 Å². The molecule has 0 saturated heterocycles. The second-order valence-corrected chi connectivity index (χ2v) is 19.6. The second kappa shape index (κ2) is 20.4. The molecular formula is C46H66N2O4Pd2-2. The molecule has 0 aliphatic heterocycles. The van der Waals surface area contributed by atoms with Gasteiger partial charge in [0.15, 0.2) is 11.6 Å². The van der Waals surface area contributed by atoms with Gasteiger partial charge in [0.05, 0.1) is 0 Å². The van der Waals surface area contributed by atoms with Gasteiger partial charge in [0.1, 0.15) is 11.5 Å². The molecule has 2 N–H and O–H groups in total. The van der Waals surface area contributed by atoms with E-state index >= 15 is 0 Å². The van der Waals surface area contributed by atoms with Crippen molar-refractivity contribution in [3.05, 3.63) is 95.7 Å². The number of carbonyl (C=O) groups excluding carboxylic acids is 2. The van der Waals surface area contributed by atoms with Gasteiger partial charge < -0.3 is 20.2 Å². The average molecular weight is 924 g/mol. The van der Waals surface area contributed by atoms with Crippen molar-refractivity contribution in [2.24, 2.45) is 21.7 Å². The number of aromatic nitrogens is 2. The summed E-state index contributed by atoms with van der Waals surface area (Å²) in [6.45, 7) is 35.5. The first-order valence-electron chi connectivity index (χ1n) is 18.0. The molecule has 0 radical (unpaired) electrons. The van der Waals surface area contributed by atoms with E-state index in [1.54, 1.807) is 0 Å². The van der Waals surface area contributed by atoms with E-state index in [1.807, 2.05) is 108 Å². The standard InChI is InChI=1S/C24H26N2.2C11H20O2.2Pd/c1-23(2,3)19-11-13-25-21(15-19)17-7-9-18(10-8-17)22-16-20(12-14-26-22)24(4,5)6;2*1-10(2,3)8(12)7-9(13)11(4,5)6;;/h7,10-16H,1-6H3;2*7,12H,1-6H3;;/q-2;;;;/b;2*8-7-;;. The third-order valence-electron chi connectivity index (χ3n) is 8.10. The van der Waals surface area contributed by atoms with E-state index in [2.05, 4.69) is 87.9 Å². The largest absolute Gasteiger partial charge is 0.512 e. The maximum absolute atomic E-state index is 11.5. The van der Waals surface area contributed by atoms with E-state index in [0.717, 1.165) is 22.5 Å². The third kappa shape index (κ3) is 18.3. The molecule has 0 aliphatic rings. The Bertz CT molecular complexity index is 1590. The van der Waals surface area contributed by atoms with Gasteiger partial charge in [0.25, 0.3) is 0 Å². The molecule has 0 fully saturated rings. The Morgan fingerprint density at radius 3 is 1.00 bits per heavy atom. The van der Waals surface area contributed by atoms with Crippen LogP contribution in [0.1, 0.15) is 136 Å². The van der Waals surface area contributed by atoms with E-state index in [-0.39, 0.29) is 85.6 Å². The molecule has 306 valence electrons. The molecule has 1 aromatic carbocycles. The Labute approximate surface area is 355 Å². The topological polar surface area (TPSA) is 100 Å². The smallest absolute Gasteiger partial charge is 0.164 e. The summed E-state index contributed by atoms with van der Waals surface area (Å²) in [6.07, 6.45) is 6.40. The summed E-state index contributed by atoms with van der Waals surface area (Å²) in [7, 11) is 0. The fourth-order valence-electron chi connectivity index (χ4n) is 3.88. The van der Waals surface area contributed by atoms with Crippen molar-refractivity contribution in [2.75, 3.05) is 0 Å². The van der Waals surface area contributed by atoms with Gasteiger partial charge in [-0.2, -0.15) is 0 Å². The molecule has 8 heteroatoms. The summed E-state index contributed by atoms with van der Waals surface area (Å²) < 4.78 is 0. The molecule has 3 rings (SSSR count).